The largest absolute Gasteiger partial charge is 0.355 e. The Bertz CT molecular complexity index is 1380. The number of carbonyl (C=O) groups is 1. The zero-order valence-electron chi connectivity index (χ0n) is 18.6. The number of nitrogens with one attached hydrogen (secondary N) is 1. The molecule has 2 aliphatic rings. The molecule has 0 radical (unpaired) electrons. The number of nitrogens with zero attached hydrogens (tertiary/aromatic N) is 4. The topological polar surface area (TPSA) is 96.7 Å². The van der Waals surface area contributed by atoms with E-state index in [9.17, 15) is 17.6 Å². The number of piperidine rings is 1. The minimum Gasteiger partial charge on any atom is -0.355 e. The first-order valence-electron chi connectivity index (χ1n) is 11.1. The van der Waals surface area contributed by atoms with Crippen LogP contribution in [0.15, 0.2) is 70.2 Å². The number of carbonyl (C=O) groups excluding carboxylic acids is 1. The number of sulfonamides is 1. The van der Waals surface area contributed by atoms with Crippen LogP contribution < -0.4 is 5.32 Å². The van der Waals surface area contributed by atoms with Crippen molar-refractivity contribution in [3.05, 3.63) is 83.7 Å². The van der Waals surface area contributed by atoms with Gasteiger partial charge in [-0.25, -0.2) is 9.37 Å². The van der Waals surface area contributed by atoms with Crippen LogP contribution in [0.3, 0.4) is 0 Å². The first-order chi connectivity index (χ1) is 16.3. The maximum absolute atomic E-state index is 14.6. The Hall–Kier alpha value is -3.53. The fourth-order valence-corrected chi connectivity index (χ4v) is 5.80. The lowest BCUT2D eigenvalue weighted by Crippen LogP contribution is -2.44. The lowest BCUT2D eigenvalue weighted by atomic mass is 9.94. The third-order valence-electron chi connectivity index (χ3n) is 6.40. The van der Waals surface area contributed by atoms with Gasteiger partial charge in [-0.05, 0) is 31.0 Å². The highest BCUT2D eigenvalue weighted by Gasteiger charge is 2.35. The number of fused-ring (bicyclic) bond motifs is 1. The van der Waals surface area contributed by atoms with E-state index in [1.165, 1.54) is 6.07 Å². The summed E-state index contributed by atoms with van der Waals surface area (Å²) in [6.45, 7) is 0.987. The summed E-state index contributed by atoms with van der Waals surface area (Å²) in [5.41, 5.74) is 0.949. The molecule has 5 rings (SSSR count). The Balaban J connectivity index is 1.31. The van der Waals surface area contributed by atoms with Gasteiger partial charge in [0.15, 0.2) is 5.84 Å². The number of aromatic nitrogens is 2. The number of hydrogen-bond acceptors (Lipinski definition) is 5. The number of imidazole rings is 1. The summed E-state index contributed by atoms with van der Waals surface area (Å²) < 4.78 is 45.1. The summed E-state index contributed by atoms with van der Waals surface area (Å²) in [6.07, 6.45) is 4.42. The normalized spacial score (nSPS) is 18.3. The van der Waals surface area contributed by atoms with Gasteiger partial charge in [-0.1, -0.05) is 30.3 Å². The summed E-state index contributed by atoms with van der Waals surface area (Å²) in [4.78, 5) is 19.7. The van der Waals surface area contributed by atoms with Gasteiger partial charge in [0, 0.05) is 49.6 Å². The molecule has 3 aromatic rings. The van der Waals surface area contributed by atoms with Crippen LogP contribution in [0, 0.1) is 11.7 Å². The molecule has 0 unspecified atom stereocenters. The van der Waals surface area contributed by atoms with E-state index in [4.69, 9.17) is 0 Å². The molecule has 1 N–H and O–H groups in total. The van der Waals surface area contributed by atoms with Gasteiger partial charge in [-0.3, -0.25) is 4.79 Å². The molecule has 0 spiro atoms. The summed E-state index contributed by atoms with van der Waals surface area (Å²) in [6, 6.07) is 12.4. The van der Waals surface area contributed by atoms with Crippen LogP contribution in [0.5, 0.6) is 0 Å². The van der Waals surface area contributed by atoms with Crippen LogP contribution in [0.2, 0.25) is 0 Å². The minimum absolute atomic E-state index is 0.183. The quantitative estimate of drug-likeness (QED) is 0.618. The lowest BCUT2D eigenvalue weighted by Gasteiger charge is -2.33. The highest BCUT2D eigenvalue weighted by Crippen LogP contribution is 2.30. The fourth-order valence-electron chi connectivity index (χ4n) is 4.58. The smallest absolute Gasteiger partial charge is 0.285 e. The first-order valence-corrected chi connectivity index (χ1v) is 12.5. The van der Waals surface area contributed by atoms with E-state index < -0.39 is 21.9 Å². The molecular formula is C24H24FN5O3S. The maximum atomic E-state index is 14.6. The van der Waals surface area contributed by atoms with Gasteiger partial charge < -0.3 is 14.8 Å². The van der Waals surface area contributed by atoms with E-state index in [-0.39, 0.29) is 16.7 Å². The molecule has 3 heterocycles. The standard InChI is InChI=1S/C24H24FN5O3S/c1-29-15-12-26-23(29)21(17-6-2-4-8-19(17)25)27-24(31)16-10-13-30(14-11-16)22-18-7-3-5-9-20(18)34(32,33)28-22/h2-9,12,15-16,21H,10-11,13-14H2,1H3,(H,27,31)/t21-/m0/s1. The van der Waals surface area contributed by atoms with E-state index >= 15 is 0 Å². The van der Waals surface area contributed by atoms with Crippen molar-refractivity contribution in [3.8, 4) is 0 Å². The van der Waals surface area contributed by atoms with Gasteiger partial charge in [0.25, 0.3) is 10.0 Å². The third kappa shape index (κ3) is 3.98. The second-order valence-corrected chi connectivity index (χ2v) is 10.1. The number of amidine groups is 1. The van der Waals surface area contributed by atoms with Crippen molar-refractivity contribution < 1.29 is 17.6 Å². The molecule has 2 aliphatic heterocycles. The number of likely N-dealkylation sites (tertiary alicyclic amines) is 1. The lowest BCUT2D eigenvalue weighted by molar-refractivity contribution is -0.126. The van der Waals surface area contributed by atoms with Gasteiger partial charge in [0.05, 0.1) is 0 Å². The van der Waals surface area contributed by atoms with E-state index in [2.05, 4.69) is 14.7 Å². The predicted molar refractivity (Wildman–Crippen MR) is 124 cm³/mol. The Morgan fingerprint density at radius 2 is 1.82 bits per heavy atom. The average Bonchev–Trinajstić information content (AvgIpc) is 3.38. The number of hydrogen-bond donors (Lipinski definition) is 1. The zero-order valence-corrected chi connectivity index (χ0v) is 19.4. The number of amides is 1. The van der Waals surface area contributed by atoms with Gasteiger partial charge in [0.1, 0.15) is 22.6 Å². The zero-order chi connectivity index (χ0) is 23.9. The number of rotatable bonds is 4. The van der Waals surface area contributed by atoms with Gasteiger partial charge in [-0.15, -0.1) is 4.40 Å². The summed E-state index contributed by atoms with van der Waals surface area (Å²) in [5.74, 6) is 0.0892. The summed E-state index contributed by atoms with van der Waals surface area (Å²) >= 11 is 0. The van der Waals surface area contributed by atoms with Crippen molar-refractivity contribution in [1.29, 1.82) is 0 Å². The van der Waals surface area contributed by atoms with Crippen molar-refractivity contribution in [2.75, 3.05) is 13.1 Å². The van der Waals surface area contributed by atoms with Crippen LogP contribution in [-0.4, -0.2) is 47.7 Å². The molecule has 1 aromatic heterocycles. The summed E-state index contributed by atoms with van der Waals surface area (Å²) in [5, 5.41) is 2.99. The van der Waals surface area contributed by atoms with Crippen LogP contribution in [0.1, 0.15) is 35.8 Å². The number of halogens is 1. The van der Waals surface area contributed by atoms with Crippen molar-refractivity contribution in [1.82, 2.24) is 19.8 Å². The monoisotopic (exact) mass is 481 g/mol. The maximum Gasteiger partial charge on any atom is 0.285 e. The Morgan fingerprint density at radius 3 is 2.53 bits per heavy atom. The first kappa shape index (κ1) is 22.3. The fraction of sp³-hybridized carbons (Fsp3) is 0.292. The molecule has 176 valence electrons. The van der Waals surface area contributed by atoms with E-state index in [0.29, 0.717) is 48.7 Å². The van der Waals surface area contributed by atoms with Crippen LogP contribution >= 0.6 is 0 Å². The van der Waals surface area contributed by atoms with E-state index in [1.54, 1.807) is 66.5 Å². The molecule has 0 saturated carbocycles. The van der Waals surface area contributed by atoms with Gasteiger partial charge in [-0.2, -0.15) is 8.42 Å². The minimum atomic E-state index is -3.69. The van der Waals surface area contributed by atoms with Crippen molar-refractivity contribution in [2.45, 2.75) is 23.8 Å². The molecule has 0 aliphatic carbocycles. The summed E-state index contributed by atoms with van der Waals surface area (Å²) in [7, 11) is -1.89. The predicted octanol–water partition coefficient (Wildman–Crippen LogP) is 2.63. The van der Waals surface area contributed by atoms with Crippen LogP contribution in [0.4, 0.5) is 4.39 Å². The molecule has 34 heavy (non-hydrogen) atoms. The molecule has 2 aromatic carbocycles. The number of aryl methyl sites for hydroxylation is 1. The molecule has 8 nitrogen and oxygen atoms in total. The average molecular weight is 482 g/mol. The highest BCUT2D eigenvalue weighted by atomic mass is 32.2. The van der Waals surface area contributed by atoms with Gasteiger partial charge >= 0.3 is 0 Å². The Kier molecular flexibility index (Phi) is 5.68. The molecule has 1 amide bonds. The van der Waals surface area contributed by atoms with Crippen molar-refractivity contribution in [3.63, 3.8) is 0 Å². The second-order valence-electron chi connectivity index (χ2n) is 8.51. The highest BCUT2D eigenvalue weighted by molar-refractivity contribution is 7.90. The van der Waals surface area contributed by atoms with Crippen molar-refractivity contribution >= 4 is 21.8 Å². The Labute approximate surface area is 197 Å². The number of benzene rings is 2. The van der Waals surface area contributed by atoms with Crippen LogP contribution in [0.25, 0.3) is 0 Å². The Morgan fingerprint density at radius 1 is 1.12 bits per heavy atom. The molecular weight excluding hydrogens is 457 g/mol. The second kappa shape index (κ2) is 8.68. The molecule has 10 heteroatoms. The molecule has 1 atom stereocenters. The van der Waals surface area contributed by atoms with E-state index in [1.807, 2.05) is 4.90 Å². The van der Waals surface area contributed by atoms with Crippen molar-refractivity contribution in [2.24, 2.45) is 17.4 Å². The van der Waals surface area contributed by atoms with Crippen LogP contribution in [-0.2, 0) is 21.9 Å². The molecule has 1 saturated heterocycles. The SMILES string of the molecule is Cn1ccnc1[C@@H](NC(=O)C1CCN(C2=NS(=O)(=O)c3ccccc32)CC1)c1ccccc1F. The molecule has 1 fully saturated rings. The molecule has 0 bridgehead atoms. The van der Waals surface area contributed by atoms with E-state index in [0.717, 1.165) is 0 Å². The van der Waals surface area contributed by atoms with Gasteiger partial charge in [0.2, 0.25) is 5.91 Å². The third-order valence-corrected chi connectivity index (χ3v) is 7.72.